The summed E-state index contributed by atoms with van der Waals surface area (Å²) >= 11 is 5.81. The number of benzene rings is 1. The van der Waals surface area contributed by atoms with Crippen molar-refractivity contribution < 1.29 is 9.53 Å². The predicted octanol–water partition coefficient (Wildman–Crippen LogP) is 2.76. The second-order valence-corrected chi connectivity index (χ2v) is 4.03. The molecule has 0 heterocycles. The van der Waals surface area contributed by atoms with Crippen LogP contribution in [0.4, 0.5) is 0 Å². The van der Waals surface area contributed by atoms with Crippen LogP contribution >= 0.6 is 11.6 Å². The Hall–Kier alpha value is -1.02. The van der Waals surface area contributed by atoms with Gasteiger partial charge in [-0.25, -0.2) is 0 Å². The van der Waals surface area contributed by atoms with Crippen molar-refractivity contribution in [3.05, 3.63) is 28.8 Å². The first-order chi connectivity index (χ1) is 6.65. The van der Waals surface area contributed by atoms with E-state index < -0.39 is 0 Å². The summed E-state index contributed by atoms with van der Waals surface area (Å²) in [4.78, 5) is 10.7. The van der Waals surface area contributed by atoms with E-state index >= 15 is 0 Å². The van der Waals surface area contributed by atoms with E-state index in [4.69, 9.17) is 16.3 Å². The molecule has 0 bridgehead atoms. The third kappa shape index (κ3) is 1.90. The fourth-order valence-corrected chi connectivity index (χ4v) is 1.68. The number of carbonyl (C=O) groups is 1. The van der Waals surface area contributed by atoms with E-state index in [2.05, 4.69) is 0 Å². The molecule has 0 aliphatic heterocycles. The molecule has 3 heteroatoms. The molecular formula is C11H11ClO2. The number of aryl methyl sites for hydroxylation is 1. The van der Waals surface area contributed by atoms with Crippen molar-refractivity contribution in [1.29, 1.82) is 0 Å². The number of carbonyl (C=O) groups excluding carboxylic acids is 1. The Morgan fingerprint density at radius 3 is 2.71 bits per heavy atom. The topological polar surface area (TPSA) is 26.3 Å². The zero-order valence-corrected chi connectivity index (χ0v) is 8.67. The Balaban J connectivity index is 2.06. The van der Waals surface area contributed by atoms with Crippen LogP contribution in [-0.2, 0) is 4.79 Å². The maximum absolute atomic E-state index is 10.7. The number of halogens is 1. The molecule has 1 aromatic carbocycles. The third-order valence-corrected chi connectivity index (χ3v) is 2.58. The first-order valence-corrected chi connectivity index (χ1v) is 4.97. The molecule has 2 nitrogen and oxygen atoms in total. The highest BCUT2D eigenvalue weighted by Gasteiger charge is 2.28. The Morgan fingerprint density at radius 1 is 1.43 bits per heavy atom. The highest BCUT2D eigenvalue weighted by molar-refractivity contribution is 6.30. The van der Waals surface area contributed by atoms with Crippen molar-refractivity contribution >= 4 is 17.4 Å². The van der Waals surface area contributed by atoms with E-state index in [0.717, 1.165) is 11.3 Å². The van der Waals surface area contributed by atoms with Gasteiger partial charge in [0.2, 0.25) is 0 Å². The van der Waals surface area contributed by atoms with Crippen LogP contribution in [0.1, 0.15) is 18.4 Å². The van der Waals surface area contributed by atoms with E-state index in [-0.39, 0.29) is 11.9 Å². The number of hydrogen-bond acceptors (Lipinski definition) is 2. The predicted molar refractivity (Wildman–Crippen MR) is 54.8 cm³/mol. The van der Waals surface area contributed by atoms with Gasteiger partial charge >= 0.3 is 0 Å². The molecule has 0 saturated heterocycles. The first-order valence-electron chi connectivity index (χ1n) is 4.59. The molecule has 0 N–H and O–H groups in total. The van der Waals surface area contributed by atoms with Crippen LogP contribution in [0.3, 0.4) is 0 Å². The van der Waals surface area contributed by atoms with Gasteiger partial charge in [0.25, 0.3) is 0 Å². The minimum atomic E-state index is 0.0716. The largest absolute Gasteiger partial charge is 0.489 e. The van der Waals surface area contributed by atoms with Crippen molar-refractivity contribution in [1.82, 2.24) is 0 Å². The van der Waals surface area contributed by atoms with Crippen molar-refractivity contribution in [2.24, 2.45) is 0 Å². The zero-order chi connectivity index (χ0) is 10.1. The Morgan fingerprint density at radius 2 is 2.14 bits per heavy atom. The molecule has 0 spiro atoms. The van der Waals surface area contributed by atoms with Gasteiger partial charge < -0.3 is 4.74 Å². The molecule has 0 radical (unpaired) electrons. The minimum absolute atomic E-state index is 0.0716. The van der Waals surface area contributed by atoms with Crippen molar-refractivity contribution in [2.75, 3.05) is 0 Å². The number of Topliss-reactive ketones (excluding diaryl/α,β-unsaturated/α-hetero) is 1. The van der Waals surface area contributed by atoms with Crippen LogP contribution < -0.4 is 4.74 Å². The molecule has 0 unspecified atom stereocenters. The summed E-state index contributed by atoms with van der Waals surface area (Å²) in [5.41, 5.74) is 1.01. The lowest BCUT2D eigenvalue weighted by Crippen LogP contribution is -2.33. The monoisotopic (exact) mass is 210 g/mol. The maximum atomic E-state index is 10.7. The smallest absolute Gasteiger partial charge is 0.140 e. The van der Waals surface area contributed by atoms with E-state index in [1.807, 2.05) is 19.1 Å². The summed E-state index contributed by atoms with van der Waals surface area (Å²) in [7, 11) is 0. The highest BCUT2D eigenvalue weighted by atomic mass is 35.5. The molecule has 1 aliphatic rings. The first kappa shape index (κ1) is 9.53. The normalized spacial score (nSPS) is 16.6. The van der Waals surface area contributed by atoms with Crippen LogP contribution in [0.15, 0.2) is 18.2 Å². The molecule has 1 saturated carbocycles. The van der Waals surface area contributed by atoms with Crippen LogP contribution in [0, 0.1) is 6.92 Å². The lowest BCUT2D eigenvalue weighted by atomic mass is 9.94. The molecule has 1 aliphatic carbocycles. The fourth-order valence-electron chi connectivity index (χ4n) is 1.46. The lowest BCUT2D eigenvalue weighted by Gasteiger charge is -2.25. The number of rotatable bonds is 2. The SMILES string of the molecule is Cc1cc(Cl)ccc1OC1CC(=O)C1. The molecule has 0 amide bonds. The molecule has 0 atom stereocenters. The van der Waals surface area contributed by atoms with Gasteiger partial charge in [-0.3, -0.25) is 4.79 Å². The van der Waals surface area contributed by atoms with E-state index in [1.54, 1.807) is 6.07 Å². The summed E-state index contributed by atoms with van der Waals surface area (Å²) in [5, 5.41) is 0.708. The van der Waals surface area contributed by atoms with Crippen LogP contribution in [0.25, 0.3) is 0 Å². The summed E-state index contributed by atoms with van der Waals surface area (Å²) in [6.07, 6.45) is 1.16. The van der Waals surface area contributed by atoms with Crippen molar-refractivity contribution in [3.63, 3.8) is 0 Å². The number of ketones is 1. The van der Waals surface area contributed by atoms with Crippen LogP contribution in [-0.4, -0.2) is 11.9 Å². The second-order valence-electron chi connectivity index (χ2n) is 3.60. The summed E-state index contributed by atoms with van der Waals surface area (Å²) in [5.74, 6) is 1.11. The van der Waals surface area contributed by atoms with Crippen LogP contribution in [0.2, 0.25) is 5.02 Å². The van der Waals surface area contributed by atoms with Crippen LogP contribution in [0.5, 0.6) is 5.75 Å². The quantitative estimate of drug-likeness (QED) is 0.751. The number of ether oxygens (including phenoxy) is 1. The van der Waals surface area contributed by atoms with E-state index in [1.165, 1.54) is 0 Å². The minimum Gasteiger partial charge on any atom is -0.489 e. The Bertz CT molecular complexity index is 366. The van der Waals surface area contributed by atoms with E-state index in [9.17, 15) is 4.79 Å². The molecular weight excluding hydrogens is 200 g/mol. The number of hydrogen-bond donors (Lipinski definition) is 0. The van der Waals surface area contributed by atoms with Crippen molar-refractivity contribution in [2.45, 2.75) is 25.9 Å². The molecule has 74 valence electrons. The van der Waals surface area contributed by atoms with Crippen molar-refractivity contribution in [3.8, 4) is 5.75 Å². The standard InChI is InChI=1S/C11H11ClO2/c1-7-4-8(12)2-3-11(7)14-10-5-9(13)6-10/h2-4,10H,5-6H2,1H3. The molecule has 2 rings (SSSR count). The Kier molecular flexibility index (Phi) is 2.46. The average Bonchev–Trinajstić information content (AvgIpc) is 2.06. The summed E-state index contributed by atoms with van der Waals surface area (Å²) in [6.45, 7) is 1.95. The molecule has 0 aromatic heterocycles. The summed E-state index contributed by atoms with van der Waals surface area (Å²) < 4.78 is 5.63. The Labute approximate surface area is 87.8 Å². The molecule has 1 aromatic rings. The highest BCUT2D eigenvalue weighted by Crippen LogP contribution is 2.27. The molecule has 14 heavy (non-hydrogen) atoms. The second kappa shape index (κ2) is 3.62. The zero-order valence-electron chi connectivity index (χ0n) is 7.92. The molecule has 1 fully saturated rings. The summed E-state index contributed by atoms with van der Waals surface area (Å²) in [6, 6.07) is 5.50. The van der Waals surface area contributed by atoms with Gasteiger partial charge in [-0.05, 0) is 30.7 Å². The fraction of sp³-hybridized carbons (Fsp3) is 0.364. The van der Waals surface area contributed by atoms with Gasteiger partial charge in [-0.2, -0.15) is 0 Å². The van der Waals surface area contributed by atoms with Gasteiger partial charge in [0.15, 0.2) is 0 Å². The van der Waals surface area contributed by atoms with Gasteiger partial charge in [0.05, 0.1) is 0 Å². The maximum Gasteiger partial charge on any atom is 0.140 e. The van der Waals surface area contributed by atoms with Gasteiger partial charge in [-0.1, -0.05) is 11.6 Å². The van der Waals surface area contributed by atoms with Gasteiger partial charge in [0, 0.05) is 17.9 Å². The van der Waals surface area contributed by atoms with Gasteiger partial charge in [0.1, 0.15) is 17.6 Å². The van der Waals surface area contributed by atoms with Gasteiger partial charge in [-0.15, -0.1) is 0 Å². The average molecular weight is 211 g/mol. The lowest BCUT2D eigenvalue weighted by molar-refractivity contribution is -0.129. The van der Waals surface area contributed by atoms with E-state index in [0.29, 0.717) is 17.9 Å². The third-order valence-electron chi connectivity index (χ3n) is 2.34.